The first-order valence-electron chi connectivity index (χ1n) is 17.0. The van der Waals surface area contributed by atoms with E-state index in [2.05, 4.69) is 19.9 Å². The number of carbonyl (C=O) groups is 1. The standard InChI is InChI=1S/C40H47NO5S2/c1-27-9-8-21-39(3)36(34-18-16-29(23-32(42)17-14-27)24-35(34)38(43)37-19-15-28(2)47-37)20-22-40(39,44)26-41(48(4,45)46)25-31-12-7-11-30-10-5-6-13-33(30)31/h5-7,9-13,15-16,18-19,24,32,36,42,44H,8,14,17,20-23,25-26H2,1-4H3/t32-,36-,39-,40+/m0/s1. The van der Waals surface area contributed by atoms with E-state index in [0.717, 1.165) is 38.8 Å². The molecule has 3 aromatic carbocycles. The van der Waals surface area contributed by atoms with Gasteiger partial charge >= 0.3 is 0 Å². The molecule has 0 spiro atoms. The average molecular weight is 686 g/mol. The molecule has 1 saturated carbocycles. The quantitative estimate of drug-likeness (QED) is 0.152. The Morgan fingerprint density at radius 3 is 2.52 bits per heavy atom. The number of hydrogen-bond donors (Lipinski definition) is 2. The maximum Gasteiger partial charge on any atom is 0.211 e. The zero-order valence-corrected chi connectivity index (χ0v) is 30.0. The second kappa shape index (κ2) is 13.6. The number of fused-ring (bicyclic) bond motifs is 9. The van der Waals surface area contributed by atoms with Gasteiger partial charge in [0.1, 0.15) is 0 Å². The normalized spacial score (nSPS) is 25.2. The fourth-order valence-corrected chi connectivity index (χ4v) is 9.73. The van der Waals surface area contributed by atoms with Gasteiger partial charge in [-0.05, 0) is 110 Å². The van der Waals surface area contributed by atoms with E-state index in [9.17, 15) is 23.4 Å². The minimum absolute atomic E-state index is 0.0393. The highest BCUT2D eigenvalue weighted by Crippen LogP contribution is 2.59. The number of benzene rings is 3. The molecule has 3 aliphatic rings. The van der Waals surface area contributed by atoms with Crippen molar-refractivity contribution < 1.29 is 23.4 Å². The molecular weight excluding hydrogens is 639 g/mol. The van der Waals surface area contributed by atoms with Crippen LogP contribution in [0.5, 0.6) is 0 Å². The van der Waals surface area contributed by atoms with Crippen LogP contribution in [0.1, 0.15) is 95.1 Å². The van der Waals surface area contributed by atoms with Crippen molar-refractivity contribution in [1.82, 2.24) is 4.31 Å². The van der Waals surface area contributed by atoms with Crippen LogP contribution in [-0.2, 0) is 23.0 Å². The summed E-state index contributed by atoms with van der Waals surface area (Å²) in [5.74, 6) is -0.231. The minimum atomic E-state index is -3.70. The van der Waals surface area contributed by atoms with E-state index in [0.29, 0.717) is 49.0 Å². The number of aliphatic hydroxyl groups excluding tert-OH is 1. The molecule has 2 bridgehead atoms. The molecule has 0 saturated heterocycles. The Morgan fingerprint density at radius 1 is 1.00 bits per heavy atom. The van der Waals surface area contributed by atoms with Crippen LogP contribution in [-0.4, -0.2) is 53.2 Å². The number of allylic oxidation sites excluding steroid dienone is 2. The molecule has 0 aliphatic heterocycles. The summed E-state index contributed by atoms with van der Waals surface area (Å²) < 4.78 is 28.4. The number of hydrogen-bond acceptors (Lipinski definition) is 6. The average Bonchev–Trinajstić information content (AvgIpc) is 3.59. The summed E-state index contributed by atoms with van der Waals surface area (Å²) in [7, 11) is -3.70. The number of ketones is 1. The van der Waals surface area contributed by atoms with Crippen molar-refractivity contribution in [3.63, 3.8) is 0 Å². The van der Waals surface area contributed by atoms with Crippen molar-refractivity contribution >= 4 is 37.9 Å². The highest BCUT2D eigenvalue weighted by molar-refractivity contribution is 7.88. The van der Waals surface area contributed by atoms with Gasteiger partial charge in [-0.2, -0.15) is 4.31 Å². The summed E-state index contributed by atoms with van der Waals surface area (Å²) in [6.45, 7) is 6.29. The van der Waals surface area contributed by atoms with E-state index < -0.39 is 27.1 Å². The maximum atomic E-state index is 14.2. The SMILES string of the molecule is CC1=CCC[C@@]2(C)[C@@H](CC[C@@]2(O)CN(Cc2cccc3ccccc23)S(C)(=O)=O)c2ccc(cc2C(=O)c2ccc(C)s2)C[C@@H](O)CC1. The zero-order chi connectivity index (χ0) is 34.3. The molecule has 0 radical (unpaired) electrons. The molecule has 4 atom stereocenters. The van der Waals surface area contributed by atoms with Crippen LogP contribution in [0.4, 0.5) is 0 Å². The summed E-state index contributed by atoms with van der Waals surface area (Å²) in [6, 6.07) is 23.7. The number of aliphatic hydroxyl groups is 2. The predicted molar refractivity (Wildman–Crippen MR) is 195 cm³/mol. The first-order chi connectivity index (χ1) is 22.8. The van der Waals surface area contributed by atoms with Crippen molar-refractivity contribution in [3.8, 4) is 0 Å². The first-order valence-corrected chi connectivity index (χ1v) is 19.7. The second-order valence-electron chi connectivity index (χ2n) is 14.4. The third kappa shape index (κ3) is 6.96. The van der Waals surface area contributed by atoms with Gasteiger partial charge < -0.3 is 10.2 Å². The lowest BCUT2D eigenvalue weighted by Gasteiger charge is -2.45. The summed E-state index contributed by atoms with van der Waals surface area (Å²) in [6.07, 6.45) is 7.10. The highest BCUT2D eigenvalue weighted by atomic mass is 32.2. The molecule has 4 aromatic rings. The van der Waals surface area contributed by atoms with Crippen LogP contribution in [0, 0.1) is 12.3 Å². The van der Waals surface area contributed by atoms with Crippen molar-refractivity contribution in [3.05, 3.63) is 116 Å². The number of carbonyl (C=O) groups excluding carboxylic acids is 1. The summed E-state index contributed by atoms with van der Waals surface area (Å²) in [5, 5.41) is 25.8. The van der Waals surface area contributed by atoms with Gasteiger partial charge in [0.2, 0.25) is 15.8 Å². The number of nitrogens with zero attached hydrogens (tertiary/aromatic N) is 1. The molecule has 6 nitrogen and oxygen atoms in total. The molecule has 0 unspecified atom stereocenters. The van der Waals surface area contributed by atoms with Crippen LogP contribution in [0.2, 0.25) is 0 Å². The molecule has 1 heterocycles. The van der Waals surface area contributed by atoms with Gasteiger partial charge in [0.05, 0.1) is 22.8 Å². The van der Waals surface area contributed by atoms with Gasteiger partial charge in [-0.3, -0.25) is 4.79 Å². The van der Waals surface area contributed by atoms with Crippen LogP contribution >= 0.6 is 11.3 Å². The molecule has 1 fully saturated rings. The predicted octanol–water partition coefficient (Wildman–Crippen LogP) is 7.94. The number of sulfonamides is 1. The van der Waals surface area contributed by atoms with Crippen molar-refractivity contribution in [2.75, 3.05) is 12.8 Å². The molecular formula is C40H47NO5S2. The number of aryl methyl sites for hydroxylation is 1. The minimum Gasteiger partial charge on any atom is -0.393 e. The molecule has 254 valence electrons. The number of rotatable bonds is 7. The Labute approximate surface area is 289 Å². The Hall–Kier alpha value is -3.14. The van der Waals surface area contributed by atoms with Gasteiger partial charge in [0, 0.05) is 28.9 Å². The maximum absolute atomic E-state index is 14.2. The summed E-state index contributed by atoms with van der Waals surface area (Å²) in [4.78, 5) is 15.9. The van der Waals surface area contributed by atoms with E-state index in [1.54, 1.807) is 0 Å². The van der Waals surface area contributed by atoms with Gasteiger partial charge in [-0.25, -0.2) is 8.42 Å². The lowest BCUT2D eigenvalue weighted by molar-refractivity contribution is -0.0730. The van der Waals surface area contributed by atoms with Crippen molar-refractivity contribution in [2.45, 2.75) is 89.9 Å². The van der Waals surface area contributed by atoms with Crippen LogP contribution < -0.4 is 0 Å². The Kier molecular flexibility index (Phi) is 9.86. The van der Waals surface area contributed by atoms with Crippen LogP contribution in [0.15, 0.2) is 84.4 Å². The molecule has 2 N–H and O–H groups in total. The highest BCUT2D eigenvalue weighted by Gasteiger charge is 2.58. The molecule has 8 heteroatoms. The Balaban J connectivity index is 1.44. The van der Waals surface area contributed by atoms with Gasteiger partial charge in [0.25, 0.3) is 0 Å². The van der Waals surface area contributed by atoms with Gasteiger partial charge in [-0.1, -0.05) is 73.2 Å². The largest absolute Gasteiger partial charge is 0.393 e. The molecule has 7 rings (SSSR count). The van der Waals surface area contributed by atoms with E-state index in [-0.39, 0.29) is 24.8 Å². The molecule has 0 amide bonds. The monoisotopic (exact) mass is 685 g/mol. The lowest BCUT2D eigenvalue weighted by atomic mass is 9.65. The van der Waals surface area contributed by atoms with E-state index in [1.165, 1.54) is 27.5 Å². The van der Waals surface area contributed by atoms with Crippen molar-refractivity contribution in [2.24, 2.45) is 5.41 Å². The van der Waals surface area contributed by atoms with Crippen LogP contribution in [0.25, 0.3) is 10.8 Å². The van der Waals surface area contributed by atoms with E-state index >= 15 is 0 Å². The topological polar surface area (TPSA) is 94.9 Å². The fraction of sp³-hybridized carbons (Fsp3) is 0.425. The Morgan fingerprint density at radius 2 is 1.77 bits per heavy atom. The number of thiophene rings is 1. The first kappa shape index (κ1) is 34.7. The fourth-order valence-electron chi connectivity index (χ4n) is 8.09. The van der Waals surface area contributed by atoms with Crippen LogP contribution in [0.3, 0.4) is 0 Å². The lowest BCUT2D eigenvalue weighted by Crippen LogP contribution is -2.53. The summed E-state index contributed by atoms with van der Waals surface area (Å²) >= 11 is 1.47. The third-order valence-corrected chi connectivity index (χ3v) is 13.2. The van der Waals surface area contributed by atoms with Gasteiger partial charge in [0.15, 0.2) is 0 Å². The van der Waals surface area contributed by atoms with Crippen molar-refractivity contribution in [1.29, 1.82) is 0 Å². The second-order valence-corrected chi connectivity index (χ2v) is 17.6. The van der Waals surface area contributed by atoms with Gasteiger partial charge in [-0.15, -0.1) is 11.3 Å². The zero-order valence-electron chi connectivity index (χ0n) is 28.4. The smallest absolute Gasteiger partial charge is 0.211 e. The molecule has 1 aromatic heterocycles. The Bertz CT molecular complexity index is 1960. The van der Waals surface area contributed by atoms with E-state index in [1.807, 2.05) is 79.7 Å². The van der Waals surface area contributed by atoms with E-state index in [4.69, 9.17) is 0 Å². The summed E-state index contributed by atoms with van der Waals surface area (Å²) in [5.41, 5.74) is 2.41. The third-order valence-electron chi connectivity index (χ3n) is 11.0. The molecule has 3 aliphatic carbocycles. The molecule has 48 heavy (non-hydrogen) atoms.